The number of ether oxygens (including phenoxy) is 3. The molecule has 0 saturated heterocycles. The highest BCUT2D eigenvalue weighted by Crippen LogP contribution is 2.34. The van der Waals surface area contributed by atoms with E-state index in [1.807, 2.05) is 0 Å². The van der Waals surface area contributed by atoms with Gasteiger partial charge in [0.1, 0.15) is 0 Å². The van der Waals surface area contributed by atoms with Gasteiger partial charge in [-0.2, -0.15) is 0 Å². The number of benzene rings is 3. The molecule has 0 spiro atoms. The molecule has 0 atom stereocenters. The predicted octanol–water partition coefficient (Wildman–Crippen LogP) is 3.26. The molecule has 35 heavy (non-hydrogen) atoms. The van der Waals surface area contributed by atoms with Crippen LogP contribution in [0.5, 0.6) is 11.5 Å². The molecule has 0 aromatic heterocycles. The Hall–Kier alpha value is -4.31. The van der Waals surface area contributed by atoms with E-state index in [0.29, 0.717) is 27.6 Å². The first-order valence-electron chi connectivity index (χ1n) is 10.5. The maximum absolute atomic E-state index is 12.5. The average molecular weight is 493 g/mol. The van der Waals surface area contributed by atoms with E-state index in [-0.39, 0.29) is 24.0 Å². The van der Waals surface area contributed by atoms with Gasteiger partial charge in [-0.1, -0.05) is 30.3 Å². The maximum Gasteiger partial charge on any atom is 0.339 e. The van der Waals surface area contributed by atoms with Crippen molar-refractivity contribution in [2.75, 3.05) is 24.5 Å². The number of rotatable bonds is 8. The molecule has 0 aliphatic carbocycles. The summed E-state index contributed by atoms with van der Waals surface area (Å²) in [5.41, 5.74) is 1.08. The van der Waals surface area contributed by atoms with Crippen LogP contribution in [0.15, 0.2) is 77.7 Å². The van der Waals surface area contributed by atoms with Crippen molar-refractivity contribution in [1.82, 2.24) is 5.32 Å². The first kappa shape index (κ1) is 23.8. The van der Waals surface area contributed by atoms with Gasteiger partial charge in [-0.3, -0.25) is 19.7 Å². The number of hydrogen-bond donors (Lipinski definition) is 2. The van der Waals surface area contributed by atoms with Crippen molar-refractivity contribution in [2.45, 2.75) is 4.90 Å². The molecule has 3 aromatic carbocycles. The summed E-state index contributed by atoms with van der Waals surface area (Å²) < 4.78 is 15.6. The smallest absolute Gasteiger partial charge is 0.339 e. The van der Waals surface area contributed by atoms with Crippen LogP contribution in [-0.2, 0) is 14.3 Å². The number of nitrogens with one attached hydrogen (secondary N) is 2. The highest BCUT2D eigenvalue weighted by molar-refractivity contribution is 8.00. The molecule has 1 aliphatic rings. The van der Waals surface area contributed by atoms with Gasteiger partial charge in [0.2, 0.25) is 12.7 Å². The van der Waals surface area contributed by atoms with Crippen molar-refractivity contribution in [1.29, 1.82) is 0 Å². The Morgan fingerprint density at radius 2 is 1.60 bits per heavy atom. The number of fused-ring (bicyclic) bond motifs is 1. The maximum atomic E-state index is 12.5. The summed E-state index contributed by atoms with van der Waals surface area (Å²) in [7, 11) is 0. The Bertz CT molecular complexity index is 1260. The molecule has 4 rings (SSSR count). The molecule has 0 bridgehead atoms. The van der Waals surface area contributed by atoms with Gasteiger partial charge in [0.25, 0.3) is 11.8 Å². The van der Waals surface area contributed by atoms with Crippen LogP contribution in [0.4, 0.5) is 5.69 Å². The summed E-state index contributed by atoms with van der Waals surface area (Å²) in [5, 5.41) is 4.93. The third kappa shape index (κ3) is 6.39. The van der Waals surface area contributed by atoms with Crippen molar-refractivity contribution in [3.63, 3.8) is 0 Å². The minimum absolute atomic E-state index is 0.0325. The Balaban J connectivity index is 1.28. The lowest BCUT2D eigenvalue weighted by Crippen LogP contribution is -2.34. The lowest BCUT2D eigenvalue weighted by molar-refractivity contribution is -0.123. The molecule has 3 amide bonds. The predicted molar refractivity (Wildman–Crippen MR) is 128 cm³/mol. The monoisotopic (exact) mass is 492 g/mol. The lowest BCUT2D eigenvalue weighted by atomic mass is 10.2. The summed E-state index contributed by atoms with van der Waals surface area (Å²) in [6.45, 7) is -0.485. The van der Waals surface area contributed by atoms with Gasteiger partial charge >= 0.3 is 5.97 Å². The van der Waals surface area contributed by atoms with Crippen LogP contribution in [-0.4, -0.2) is 42.8 Å². The number of esters is 1. The van der Waals surface area contributed by atoms with Gasteiger partial charge in [-0.15, -0.1) is 11.8 Å². The fraction of sp³-hybridized carbons (Fsp3) is 0.120. The second-order valence-corrected chi connectivity index (χ2v) is 8.24. The molecule has 0 saturated carbocycles. The number of carbonyl (C=O) groups is 4. The highest BCUT2D eigenvalue weighted by Gasteiger charge is 2.18. The molecule has 10 heteroatoms. The lowest BCUT2D eigenvalue weighted by Gasteiger charge is -2.10. The summed E-state index contributed by atoms with van der Waals surface area (Å²) in [6.07, 6.45) is 0. The normalized spacial score (nSPS) is 11.4. The first-order valence-corrected chi connectivity index (χ1v) is 11.5. The van der Waals surface area contributed by atoms with E-state index < -0.39 is 24.4 Å². The summed E-state index contributed by atoms with van der Waals surface area (Å²) in [4.78, 5) is 49.5. The van der Waals surface area contributed by atoms with Crippen LogP contribution >= 0.6 is 11.8 Å². The fourth-order valence-electron chi connectivity index (χ4n) is 3.11. The van der Waals surface area contributed by atoms with E-state index in [2.05, 4.69) is 10.6 Å². The average Bonchev–Trinajstić information content (AvgIpc) is 3.35. The molecule has 0 unspecified atom stereocenters. The standard InChI is InChI=1S/C25H20N2O7S/c28-22(27-24(30)16-6-2-1-3-7-16)13-32-25(31)18-8-4-5-9-21(18)35-14-23(29)26-17-10-11-19-20(12-17)34-15-33-19/h1-12H,13-15H2,(H,26,29)(H,27,28,30). The number of imide groups is 1. The van der Waals surface area contributed by atoms with E-state index >= 15 is 0 Å². The molecule has 0 fully saturated rings. The van der Waals surface area contributed by atoms with Crippen LogP contribution in [0.25, 0.3) is 0 Å². The van der Waals surface area contributed by atoms with Gasteiger partial charge < -0.3 is 19.5 Å². The van der Waals surface area contributed by atoms with Gasteiger partial charge in [-0.25, -0.2) is 4.79 Å². The van der Waals surface area contributed by atoms with E-state index in [1.54, 1.807) is 66.7 Å². The van der Waals surface area contributed by atoms with Crippen molar-refractivity contribution < 1.29 is 33.4 Å². The van der Waals surface area contributed by atoms with Gasteiger partial charge in [0, 0.05) is 22.2 Å². The van der Waals surface area contributed by atoms with Crippen LogP contribution in [0.1, 0.15) is 20.7 Å². The van der Waals surface area contributed by atoms with Crippen LogP contribution in [0, 0.1) is 0 Å². The van der Waals surface area contributed by atoms with Crippen LogP contribution < -0.4 is 20.1 Å². The summed E-state index contributed by atoms with van der Waals surface area (Å²) >= 11 is 1.15. The van der Waals surface area contributed by atoms with E-state index in [1.165, 1.54) is 6.07 Å². The zero-order chi connectivity index (χ0) is 24.6. The zero-order valence-electron chi connectivity index (χ0n) is 18.3. The van der Waals surface area contributed by atoms with Crippen molar-refractivity contribution in [3.8, 4) is 11.5 Å². The Morgan fingerprint density at radius 3 is 2.43 bits per heavy atom. The van der Waals surface area contributed by atoms with Gasteiger partial charge in [-0.05, 0) is 36.4 Å². The van der Waals surface area contributed by atoms with Crippen molar-refractivity contribution in [2.24, 2.45) is 0 Å². The minimum atomic E-state index is -0.750. The Kier molecular flexibility index (Phi) is 7.63. The largest absolute Gasteiger partial charge is 0.454 e. The second-order valence-electron chi connectivity index (χ2n) is 7.22. The molecular formula is C25H20N2O7S. The van der Waals surface area contributed by atoms with Crippen molar-refractivity contribution >= 4 is 41.1 Å². The molecule has 2 N–H and O–H groups in total. The summed E-state index contributed by atoms with van der Waals surface area (Å²) in [6, 6.07) is 19.9. The van der Waals surface area contributed by atoms with E-state index in [4.69, 9.17) is 14.2 Å². The number of thioether (sulfide) groups is 1. The number of hydrogen-bond acceptors (Lipinski definition) is 8. The van der Waals surface area contributed by atoms with Gasteiger partial charge in [0.15, 0.2) is 18.1 Å². The number of carbonyl (C=O) groups excluding carboxylic acids is 4. The molecule has 1 heterocycles. The first-order chi connectivity index (χ1) is 17.0. The van der Waals surface area contributed by atoms with Crippen LogP contribution in [0.2, 0.25) is 0 Å². The van der Waals surface area contributed by atoms with E-state index in [0.717, 1.165) is 11.8 Å². The molecule has 0 radical (unpaired) electrons. The quantitative estimate of drug-likeness (QED) is 0.363. The Morgan fingerprint density at radius 1 is 0.857 bits per heavy atom. The van der Waals surface area contributed by atoms with E-state index in [9.17, 15) is 19.2 Å². The number of amides is 3. The third-order valence-electron chi connectivity index (χ3n) is 4.75. The fourth-order valence-corrected chi connectivity index (χ4v) is 3.95. The topological polar surface area (TPSA) is 120 Å². The SMILES string of the molecule is O=C(COC(=O)c1ccccc1SCC(=O)Nc1ccc2c(c1)OCO2)NC(=O)c1ccccc1. The van der Waals surface area contributed by atoms with Gasteiger partial charge in [0.05, 0.1) is 11.3 Å². The molecule has 3 aromatic rings. The highest BCUT2D eigenvalue weighted by atomic mass is 32.2. The Labute approximate surface area is 204 Å². The van der Waals surface area contributed by atoms with Crippen molar-refractivity contribution in [3.05, 3.63) is 83.9 Å². The molecule has 1 aliphatic heterocycles. The minimum Gasteiger partial charge on any atom is -0.454 e. The second kappa shape index (κ2) is 11.2. The zero-order valence-corrected chi connectivity index (χ0v) is 19.1. The van der Waals surface area contributed by atoms with Crippen LogP contribution in [0.3, 0.4) is 0 Å². The summed E-state index contributed by atoms with van der Waals surface area (Å²) in [5.74, 6) is -1.16. The third-order valence-corrected chi connectivity index (χ3v) is 5.82. The molecule has 178 valence electrons. The molecular weight excluding hydrogens is 472 g/mol. The molecule has 9 nitrogen and oxygen atoms in total. The number of anilines is 1.